The van der Waals surface area contributed by atoms with Crippen LogP contribution < -0.4 is 84.5 Å². The van der Waals surface area contributed by atoms with Crippen molar-refractivity contribution in [3.8, 4) is 11.5 Å². The van der Waals surface area contributed by atoms with Crippen LogP contribution in [-0.2, 0) is 16.0 Å². The van der Waals surface area contributed by atoms with Crippen molar-refractivity contribution in [2.24, 2.45) is 5.73 Å². The number of aliphatic carboxylic acids is 2. The minimum atomic E-state index is -3.00. The number of aliphatic hydroxyl groups excluding tert-OH is 1. The van der Waals surface area contributed by atoms with Gasteiger partial charge in [-0.1, -0.05) is 29.8 Å². The summed E-state index contributed by atoms with van der Waals surface area (Å²) in [7, 11) is 0. The molecule has 0 saturated heterocycles. The zero-order valence-corrected chi connectivity index (χ0v) is 21.9. The smallest absolute Gasteiger partial charge is 0.542 e. The first kappa shape index (κ1) is 28.2. The van der Waals surface area contributed by atoms with Crippen LogP contribution in [0, 0.1) is 0 Å². The molecular weight excluding hydrogens is 448 g/mol. The Balaban J connectivity index is 0.00000240. The zero-order chi connectivity index (χ0) is 21.2. The molecule has 3 N–H and O–H groups in total. The summed E-state index contributed by atoms with van der Waals surface area (Å²) >= 11 is 5.93. The first-order chi connectivity index (χ1) is 13.7. The van der Waals surface area contributed by atoms with E-state index in [1.165, 1.54) is 12.1 Å². The van der Waals surface area contributed by atoms with Gasteiger partial charge < -0.3 is 40.1 Å². The number of nitrogens with two attached hydrogens (primary N) is 1. The molecule has 0 radical (unpaired) electrons. The van der Waals surface area contributed by atoms with E-state index in [0.717, 1.165) is 5.56 Å². The van der Waals surface area contributed by atoms with Crippen LogP contribution in [0.25, 0.3) is 0 Å². The van der Waals surface area contributed by atoms with Gasteiger partial charge in [0.05, 0.1) is 6.10 Å². The number of rotatable bonds is 8. The maximum atomic E-state index is 11.1. The van der Waals surface area contributed by atoms with E-state index in [0.29, 0.717) is 29.8 Å². The van der Waals surface area contributed by atoms with Gasteiger partial charge in [-0.15, -0.1) is 0 Å². The molecule has 0 bridgehead atoms. The number of ether oxygens (including phenoxy) is 2. The van der Waals surface area contributed by atoms with Crippen molar-refractivity contribution in [2.45, 2.75) is 37.2 Å². The van der Waals surface area contributed by atoms with E-state index in [2.05, 4.69) is 0 Å². The molecule has 8 nitrogen and oxygen atoms in total. The summed E-state index contributed by atoms with van der Waals surface area (Å²) in [4.78, 5) is 22.3. The molecule has 154 valence electrons. The molecule has 0 aliphatic carbocycles. The Kier molecular flexibility index (Phi) is 10.8. The second kappa shape index (κ2) is 11.9. The van der Waals surface area contributed by atoms with Crippen LogP contribution in [0.5, 0.6) is 11.5 Å². The first-order valence-corrected chi connectivity index (χ1v) is 9.22. The number of benzene rings is 2. The number of carbonyl (C=O) groups excluding carboxylic acids is 2. The van der Waals surface area contributed by atoms with Gasteiger partial charge in [-0.2, -0.15) is 0 Å². The van der Waals surface area contributed by atoms with Crippen molar-refractivity contribution in [1.82, 2.24) is 0 Å². The SMILES string of the molecule is N[C@H](CCc1ccc2c(c1)OC(C(=O)[O-])(C(=O)[O-])O2)C[C@@H](O)c1cccc(Cl)c1.[Na+].[Na+]. The number of fused-ring (bicyclic) bond motifs is 1. The summed E-state index contributed by atoms with van der Waals surface area (Å²) in [6, 6.07) is 11.1. The van der Waals surface area contributed by atoms with Gasteiger partial charge in [-0.25, -0.2) is 0 Å². The molecular formula is C20H18ClNNa2O7. The molecule has 0 spiro atoms. The van der Waals surface area contributed by atoms with Crippen molar-refractivity contribution in [3.63, 3.8) is 0 Å². The molecule has 0 fully saturated rings. The number of halogens is 1. The Hall–Kier alpha value is -0.810. The summed E-state index contributed by atoms with van der Waals surface area (Å²) in [5.74, 6) is -7.20. The standard InChI is InChI=1S/C20H20ClNO7.2Na/c21-13-3-1-2-12(9-13)15(23)10-14(22)6-4-11-5-7-16-17(8-11)29-20(28-16,18(24)25)19(26)27;;/h1-3,5,7-9,14-15,23H,4,6,10,22H2,(H,24,25)(H,26,27);;/q;2*+1/p-2/t14-,15-;;/m1../s1. The Morgan fingerprint density at radius 2 is 1.71 bits per heavy atom. The Morgan fingerprint density at radius 1 is 1.06 bits per heavy atom. The van der Waals surface area contributed by atoms with E-state index in [9.17, 15) is 24.9 Å². The molecule has 0 amide bonds. The molecule has 0 unspecified atom stereocenters. The van der Waals surface area contributed by atoms with Gasteiger partial charge in [0.2, 0.25) is 0 Å². The van der Waals surface area contributed by atoms with Crippen LogP contribution in [0.3, 0.4) is 0 Å². The number of hydrogen-bond donors (Lipinski definition) is 2. The summed E-state index contributed by atoms with van der Waals surface area (Å²) in [5.41, 5.74) is 7.52. The van der Waals surface area contributed by atoms with Gasteiger partial charge >= 0.3 is 64.9 Å². The third-order valence-electron chi connectivity index (χ3n) is 4.62. The van der Waals surface area contributed by atoms with Gasteiger partial charge in [0, 0.05) is 11.1 Å². The van der Waals surface area contributed by atoms with E-state index < -0.39 is 23.8 Å². The fourth-order valence-corrected chi connectivity index (χ4v) is 3.26. The van der Waals surface area contributed by atoms with Crippen molar-refractivity contribution in [2.75, 3.05) is 0 Å². The third kappa shape index (κ3) is 6.60. The average molecular weight is 466 g/mol. The summed E-state index contributed by atoms with van der Waals surface area (Å²) in [5, 5.41) is 33.1. The quantitative estimate of drug-likeness (QED) is 0.289. The van der Waals surface area contributed by atoms with Gasteiger partial charge in [-0.3, -0.25) is 0 Å². The normalized spacial score (nSPS) is 15.2. The molecule has 2 atom stereocenters. The Labute approximate surface area is 228 Å². The third-order valence-corrected chi connectivity index (χ3v) is 4.85. The van der Waals surface area contributed by atoms with Crippen molar-refractivity contribution < 1.29 is 93.5 Å². The average Bonchev–Trinajstić information content (AvgIpc) is 3.07. The van der Waals surface area contributed by atoms with E-state index in [-0.39, 0.29) is 76.7 Å². The predicted molar refractivity (Wildman–Crippen MR) is 97.8 cm³/mol. The van der Waals surface area contributed by atoms with Crippen molar-refractivity contribution in [1.29, 1.82) is 0 Å². The number of aliphatic hydroxyl groups is 1. The number of carboxylic acids is 2. The van der Waals surface area contributed by atoms with Crippen LogP contribution >= 0.6 is 11.6 Å². The number of aryl methyl sites for hydroxylation is 1. The van der Waals surface area contributed by atoms with Gasteiger partial charge in [-0.05, 0) is 54.7 Å². The Bertz CT molecular complexity index is 929. The fraction of sp³-hybridized carbons (Fsp3) is 0.300. The molecule has 1 aliphatic heterocycles. The topological polar surface area (TPSA) is 145 Å². The Morgan fingerprint density at radius 3 is 2.32 bits per heavy atom. The minimum absolute atomic E-state index is 0. The molecule has 3 rings (SSSR count). The van der Waals surface area contributed by atoms with Crippen molar-refractivity contribution >= 4 is 23.5 Å². The molecule has 11 heteroatoms. The fourth-order valence-electron chi connectivity index (χ4n) is 3.06. The van der Waals surface area contributed by atoms with Crippen LogP contribution in [0.2, 0.25) is 5.02 Å². The van der Waals surface area contributed by atoms with Crippen molar-refractivity contribution in [3.05, 3.63) is 58.6 Å². The number of hydrogen-bond acceptors (Lipinski definition) is 8. The largest absolute Gasteiger partial charge is 1.00 e. The molecule has 2 aromatic rings. The monoisotopic (exact) mass is 465 g/mol. The van der Waals surface area contributed by atoms with Gasteiger partial charge in [0.25, 0.3) is 0 Å². The summed E-state index contributed by atoms with van der Waals surface area (Å²) in [6.07, 6.45) is 0.573. The molecule has 0 aromatic heterocycles. The van der Waals surface area contributed by atoms with E-state index >= 15 is 0 Å². The predicted octanol–water partition coefficient (Wildman–Crippen LogP) is -6.30. The van der Waals surface area contributed by atoms with E-state index in [1.807, 2.05) is 0 Å². The number of carbonyl (C=O) groups is 2. The van der Waals surface area contributed by atoms with Crippen LogP contribution in [0.1, 0.15) is 30.1 Å². The van der Waals surface area contributed by atoms with Gasteiger partial charge in [0.15, 0.2) is 11.5 Å². The van der Waals surface area contributed by atoms with E-state index in [4.69, 9.17) is 26.8 Å². The second-order valence-corrected chi connectivity index (χ2v) is 7.22. The zero-order valence-electron chi connectivity index (χ0n) is 17.2. The first-order valence-electron chi connectivity index (χ1n) is 8.84. The maximum Gasteiger partial charge on any atom is 1.00 e. The van der Waals surface area contributed by atoms with Crippen LogP contribution in [-0.4, -0.2) is 28.9 Å². The van der Waals surface area contributed by atoms with Crippen LogP contribution in [0.4, 0.5) is 0 Å². The minimum Gasteiger partial charge on any atom is -0.542 e. The van der Waals surface area contributed by atoms with Gasteiger partial charge in [0.1, 0.15) is 11.9 Å². The molecule has 1 aliphatic rings. The molecule has 0 saturated carbocycles. The summed E-state index contributed by atoms with van der Waals surface area (Å²) in [6.45, 7) is 0. The second-order valence-electron chi connectivity index (χ2n) is 6.78. The van der Waals surface area contributed by atoms with E-state index in [1.54, 1.807) is 30.3 Å². The summed E-state index contributed by atoms with van der Waals surface area (Å²) < 4.78 is 9.86. The van der Waals surface area contributed by atoms with Crippen LogP contribution in [0.15, 0.2) is 42.5 Å². The maximum absolute atomic E-state index is 11.1. The molecule has 1 heterocycles. The molecule has 2 aromatic carbocycles. The molecule has 31 heavy (non-hydrogen) atoms. The number of carboxylic acid groups (broad SMARTS) is 2.